The highest BCUT2D eigenvalue weighted by molar-refractivity contribution is 6.06. The van der Waals surface area contributed by atoms with Crippen molar-refractivity contribution in [3.63, 3.8) is 0 Å². The van der Waals surface area contributed by atoms with Gasteiger partial charge in [-0.05, 0) is 37.5 Å². The van der Waals surface area contributed by atoms with E-state index in [4.69, 9.17) is 10.00 Å². The second-order valence-corrected chi connectivity index (χ2v) is 7.27. The molecule has 0 aliphatic carbocycles. The molecule has 0 unspecified atom stereocenters. The van der Waals surface area contributed by atoms with E-state index in [0.717, 1.165) is 35.1 Å². The molecule has 0 bridgehead atoms. The predicted octanol–water partition coefficient (Wildman–Crippen LogP) is 2.84. The van der Waals surface area contributed by atoms with Gasteiger partial charge in [0, 0.05) is 38.5 Å². The van der Waals surface area contributed by atoms with Gasteiger partial charge in [-0.1, -0.05) is 12.1 Å². The number of nitriles is 1. The number of anilines is 1. The van der Waals surface area contributed by atoms with Crippen LogP contribution in [-0.4, -0.2) is 39.9 Å². The smallest absolute Gasteiger partial charge is 0.255 e. The summed E-state index contributed by atoms with van der Waals surface area (Å²) in [5, 5.41) is 20.8. The molecule has 1 fully saturated rings. The lowest BCUT2D eigenvalue weighted by molar-refractivity contribution is 0.0904. The first-order valence-electron chi connectivity index (χ1n) is 10.2. The molecule has 3 aromatic rings. The van der Waals surface area contributed by atoms with Crippen LogP contribution in [0.1, 0.15) is 41.3 Å². The number of aromatic nitrogens is 3. The summed E-state index contributed by atoms with van der Waals surface area (Å²) in [6.07, 6.45) is 5.14. The topological polar surface area (TPSA) is 105 Å². The molecule has 0 atom stereocenters. The van der Waals surface area contributed by atoms with Crippen molar-refractivity contribution in [1.82, 2.24) is 20.1 Å². The largest absolute Gasteiger partial charge is 0.381 e. The van der Waals surface area contributed by atoms with Crippen molar-refractivity contribution >= 4 is 22.6 Å². The zero-order valence-electron chi connectivity index (χ0n) is 16.9. The van der Waals surface area contributed by atoms with E-state index in [9.17, 15) is 4.79 Å². The Morgan fingerprint density at radius 3 is 2.93 bits per heavy atom. The van der Waals surface area contributed by atoms with Crippen LogP contribution in [0.2, 0.25) is 0 Å². The normalized spacial score (nSPS) is 14.4. The first kappa shape index (κ1) is 19.9. The highest BCUT2D eigenvalue weighted by Gasteiger charge is 2.22. The Hall–Kier alpha value is -3.44. The Morgan fingerprint density at radius 2 is 2.17 bits per heavy atom. The Labute approximate surface area is 174 Å². The molecule has 0 spiro atoms. The fraction of sp³-hybridized carbons (Fsp3) is 0.364. The minimum Gasteiger partial charge on any atom is -0.381 e. The lowest BCUT2D eigenvalue weighted by atomic mass is 10.1. The summed E-state index contributed by atoms with van der Waals surface area (Å²) in [5.74, 6) is -0.217. The van der Waals surface area contributed by atoms with Gasteiger partial charge in [0.25, 0.3) is 5.91 Å². The second-order valence-electron chi connectivity index (χ2n) is 7.27. The highest BCUT2D eigenvalue weighted by Crippen LogP contribution is 2.28. The highest BCUT2D eigenvalue weighted by atomic mass is 16.5. The molecule has 1 aliphatic heterocycles. The third-order valence-electron chi connectivity index (χ3n) is 5.29. The molecule has 154 valence electrons. The number of hydrogen-bond acceptors (Lipinski definition) is 6. The first-order valence-corrected chi connectivity index (χ1v) is 10.2. The molecule has 3 heterocycles. The predicted molar refractivity (Wildman–Crippen MR) is 113 cm³/mol. The average molecular weight is 404 g/mol. The summed E-state index contributed by atoms with van der Waals surface area (Å²) in [4.78, 5) is 17.5. The summed E-state index contributed by atoms with van der Waals surface area (Å²) in [5.41, 5.74) is 3.44. The van der Waals surface area contributed by atoms with Crippen LogP contribution in [0.4, 0.5) is 5.69 Å². The van der Waals surface area contributed by atoms with Crippen LogP contribution in [0.5, 0.6) is 0 Å². The van der Waals surface area contributed by atoms with E-state index in [-0.39, 0.29) is 11.9 Å². The molecule has 1 aromatic carbocycles. The lowest BCUT2D eigenvalue weighted by Crippen LogP contribution is -2.30. The molecule has 1 aliphatic rings. The number of rotatable bonds is 6. The van der Waals surface area contributed by atoms with E-state index in [2.05, 4.69) is 26.8 Å². The molecule has 4 rings (SSSR count). The van der Waals surface area contributed by atoms with Crippen molar-refractivity contribution in [2.45, 2.75) is 38.9 Å². The van der Waals surface area contributed by atoms with Gasteiger partial charge in [0.15, 0.2) is 5.65 Å². The number of nitrogens with one attached hydrogen (secondary N) is 2. The van der Waals surface area contributed by atoms with Crippen molar-refractivity contribution in [2.75, 3.05) is 18.5 Å². The molecule has 0 radical (unpaired) electrons. The van der Waals surface area contributed by atoms with Gasteiger partial charge in [0.1, 0.15) is 0 Å². The molecule has 1 saturated heterocycles. The molecular formula is C22H24N6O2. The third-order valence-corrected chi connectivity index (χ3v) is 5.29. The average Bonchev–Trinajstić information content (AvgIpc) is 3.22. The van der Waals surface area contributed by atoms with Crippen LogP contribution < -0.4 is 10.6 Å². The molecule has 2 aromatic heterocycles. The number of benzene rings is 1. The van der Waals surface area contributed by atoms with E-state index in [1.165, 1.54) is 0 Å². The number of nitrogens with zero attached hydrogens (tertiary/aromatic N) is 4. The standard InChI is InChI=1S/C22H24N6O2/c1-2-28-21-18(14-26-28)20(27-17-6-8-30-9-7-17)19(13-24-21)22(29)25-12-16-5-3-4-15(10-16)11-23/h3-5,10,13-14,17H,2,6-9,12H2,1H3,(H,24,27)(H,25,29). The van der Waals surface area contributed by atoms with Crippen molar-refractivity contribution in [3.05, 3.63) is 53.3 Å². The van der Waals surface area contributed by atoms with Crippen LogP contribution in [0.15, 0.2) is 36.7 Å². The summed E-state index contributed by atoms with van der Waals surface area (Å²) in [6, 6.07) is 9.55. The van der Waals surface area contributed by atoms with E-state index in [1.54, 1.807) is 24.5 Å². The maximum Gasteiger partial charge on any atom is 0.255 e. The maximum absolute atomic E-state index is 13.0. The number of hydrogen-bond donors (Lipinski definition) is 2. The summed E-state index contributed by atoms with van der Waals surface area (Å²) in [7, 11) is 0. The van der Waals surface area contributed by atoms with E-state index in [1.807, 2.05) is 23.7 Å². The van der Waals surface area contributed by atoms with Crippen LogP contribution in [0.25, 0.3) is 11.0 Å². The molecule has 1 amide bonds. The third kappa shape index (κ3) is 4.11. The SMILES string of the molecule is CCn1ncc2c(NC3CCOCC3)c(C(=O)NCc3cccc(C#N)c3)cnc21. The summed E-state index contributed by atoms with van der Waals surface area (Å²) >= 11 is 0. The molecule has 8 heteroatoms. The van der Waals surface area contributed by atoms with Crippen LogP contribution in [-0.2, 0) is 17.8 Å². The quantitative estimate of drug-likeness (QED) is 0.655. The van der Waals surface area contributed by atoms with Gasteiger partial charge in [0.05, 0.1) is 34.5 Å². The maximum atomic E-state index is 13.0. The Bertz CT molecular complexity index is 1090. The number of pyridine rings is 1. The number of ether oxygens (including phenoxy) is 1. The Morgan fingerprint density at radius 1 is 1.33 bits per heavy atom. The van der Waals surface area contributed by atoms with Crippen molar-refractivity contribution in [3.8, 4) is 6.07 Å². The van der Waals surface area contributed by atoms with Crippen molar-refractivity contribution in [1.29, 1.82) is 5.26 Å². The summed E-state index contributed by atoms with van der Waals surface area (Å²) in [6.45, 7) is 4.45. The number of fused-ring (bicyclic) bond motifs is 1. The van der Waals surface area contributed by atoms with Gasteiger partial charge in [-0.15, -0.1) is 0 Å². The zero-order valence-corrected chi connectivity index (χ0v) is 16.9. The van der Waals surface area contributed by atoms with Gasteiger partial charge >= 0.3 is 0 Å². The molecule has 2 N–H and O–H groups in total. The number of carbonyl (C=O) groups excluding carboxylic acids is 1. The van der Waals surface area contributed by atoms with Crippen molar-refractivity contribution in [2.24, 2.45) is 0 Å². The van der Waals surface area contributed by atoms with Crippen LogP contribution in [0, 0.1) is 11.3 Å². The summed E-state index contributed by atoms with van der Waals surface area (Å²) < 4.78 is 7.28. The van der Waals surface area contributed by atoms with Crippen LogP contribution in [0.3, 0.4) is 0 Å². The second kappa shape index (κ2) is 8.93. The Kier molecular flexibility index (Phi) is 5.91. The fourth-order valence-corrected chi connectivity index (χ4v) is 3.66. The zero-order chi connectivity index (χ0) is 20.9. The Balaban J connectivity index is 1.61. The minimum absolute atomic E-state index is 0.217. The monoisotopic (exact) mass is 404 g/mol. The first-order chi connectivity index (χ1) is 14.7. The molecular weight excluding hydrogens is 380 g/mol. The van der Waals surface area contributed by atoms with Gasteiger partial charge in [-0.2, -0.15) is 10.4 Å². The van der Waals surface area contributed by atoms with Gasteiger partial charge in [-0.25, -0.2) is 9.67 Å². The van der Waals surface area contributed by atoms with E-state index >= 15 is 0 Å². The molecule has 8 nitrogen and oxygen atoms in total. The van der Waals surface area contributed by atoms with Gasteiger partial charge in [-0.3, -0.25) is 4.79 Å². The lowest BCUT2D eigenvalue weighted by Gasteiger charge is -2.25. The minimum atomic E-state index is -0.217. The van der Waals surface area contributed by atoms with Crippen molar-refractivity contribution < 1.29 is 9.53 Å². The molecule has 30 heavy (non-hydrogen) atoms. The van der Waals surface area contributed by atoms with Gasteiger partial charge in [0.2, 0.25) is 0 Å². The van der Waals surface area contributed by atoms with Gasteiger partial charge < -0.3 is 15.4 Å². The fourth-order valence-electron chi connectivity index (χ4n) is 3.66. The number of amides is 1. The molecule has 0 saturated carbocycles. The number of carbonyl (C=O) groups is 1. The van der Waals surface area contributed by atoms with E-state index in [0.29, 0.717) is 37.4 Å². The van der Waals surface area contributed by atoms with E-state index < -0.39 is 0 Å². The van der Waals surface area contributed by atoms with Crippen LogP contribution >= 0.6 is 0 Å². The number of aryl methyl sites for hydroxylation is 1.